The number of hydrogen-bond acceptors (Lipinski definition) is 3. The summed E-state index contributed by atoms with van der Waals surface area (Å²) in [6.07, 6.45) is 1.70. The van der Waals surface area contributed by atoms with Gasteiger partial charge >= 0.3 is 0 Å². The van der Waals surface area contributed by atoms with Crippen molar-refractivity contribution in [3.8, 4) is 0 Å². The molecule has 1 fully saturated rings. The smallest absolute Gasteiger partial charge is 0.242 e. The number of carbonyl (C=O) groups is 2. The molecule has 1 aliphatic carbocycles. The quantitative estimate of drug-likeness (QED) is 0.477. The number of rotatable bonds is 8. The first-order valence-corrected chi connectivity index (χ1v) is 11.6. The van der Waals surface area contributed by atoms with Crippen LogP contribution in [-0.2, 0) is 21.4 Å². The molecule has 4 N–H and O–H groups in total. The average molecular weight is 527 g/mol. The number of halogens is 3. The Kier molecular flexibility index (Phi) is 7.36. The van der Waals surface area contributed by atoms with Crippen molar-refractivity contribution >= 4 is 50.9 Å². The zero-order valence-corrected chi connectivity index (χ0v) is 20.6. The van der Waals surface area contributed by atoms with Crippen molar-refractivity contribution in [3.05, 3.63) is 68.1 Å². The summed E-state index contributed by atoms with van der Waals surface area (Å²) < 4.78 is 0.945. The minimum absolute atomic E-state index is 0.207. The average Bonchev–Trinajstić information content (AvgIpc) is 3.48. The van der Waals surface area contributed by atoms with Crippen LogP contribution in [0.15, 0.2) is 46.9 Å². The van der Waals surface area contributed by atoms with Gasteiger partial charge in [0.15, 0.2) is 0 Å². The monoisotopic (exact) mass is 525 g/mol. The molecule has 0 radical (unpaired) electrons. The minimum atomic E-state index is -0.737. The summed E-state index contributed by atoms with van der Waals surface area (Å²) in [6, 6.07) is 12.1. The second-order valence-corrected chi connectivity index (χ2v) is 10.5. The number of hydrogen-bond donors (Lipinski definition) is 3. The van der Waals surface area contributed by atoms with E-state index in [0.29, 0.717) is 35.9 Å². The van der Waals surface area contributed by atoms with E-state index in [1.807, 2.05) is 38.1 Å². The van der Waals surface area contributed by atoms with Crippen LogP contribution in [0, 0.1) is 0 Å². The van der Waals surface area contributed by atoms with Crippen LogP contribution < -0.4 is 16.4 Å². The summed E-state index contributed by atoms with van der Waals surface area (Å²) in [5, 5.41) is 6.80. The van der Waals surface area contributed by atoms with Crippen LogP contribution >= 0.6 is 39.1 Å². The minimum Gasteiger partial charge on any atom is -0.352 e. The molecule has 2 aromatic carbocycles. The van der Waals surface area contributed by atoms with Crippen LogP contribution in [0.3, 0.4) is 0 Å². The van der Waals surface area contributed by atoms with E-state index in [-0.39, 0.29) is 11.8 Å². The number of carbonyl (C=O) groups excluding carboxylic acids is 2. The molecule has 0 bridgehead atoms. The summed E-state index contributed by atoms with van der Waals surface area (Å²) >= 11 is 15.8. The zero-order valence-electron chi connectivity index (χ0n) is 17.5. The van der Waals surface area contributed by atoms with Crippen LogP contribution in [0.1, 0.15) is 37.8 Å². The lowest BCUT2D eigenvalue weighted by atomic mass is 9.94. The van der Waals surface area contributed by atoms with Gasteiger partial charge in [0.25, 0.3) is 0 Å². The van der Waals surface area contributed by atoms with Gasteiger partial charge in [0.05, 0.1) is 5.41 Å². The van der Waals surface area contributed by atoms with Crippen LogP contribution in [-0.4, -0.2) is 29.9 Å². The van der Waals surface area contributed by atoms with Gasteiger partial charge in [-0.05, 0) is 62.1 Å². The molecule has 31 heavy (non-hydrogen) atoms. The summed E-state index contributed by atoms with van der Waals surface area (Å²) in [7, 11) is 0. The van der Waals surface area contributed by atoms with Crippen molar-refractivity contribution in [1.29, 1.82) is 0 Å². The third kappa shape index (κ3) is 6.22. The molecule has 2 aromatic rings. The Morgan fingerprint density at radius 2 is 1.81 bits per heavy atom. The van der Waals surface area contributed by atoms with Crippen LogP contribution in [0.25, 0.3) is 0 Å². The van der Waals surface area contributed by atoms with Gasteiger partial charge in [-0.25, -0.2) is 0 Å². The van der Waals surface area contributed by atoms with E-state index in [2.05, 4.69) is 26.6 Å². The molecule has 5 nitrogen and oxygen atoms in total. The maximum Gasteiger partial charge on any atom is 0.242 e. The highest BCUT2D eigenvalue weighted by molar-refractivity contribution is 9.10. The molecule has 2 amide bonds. The molecule has 3 rings (SSSR count). The summed E-state index contributed by atoms with van der Waals surface area (Å²) in [5.41, 5.74) is 6.39. The first-order chi connectivity index (χ1) is 14.5. The molecular weight excluding hydrogens is 501 g/mol. The second-order valence-electron chi connectivity index (χ2n) is 8.77. The molecular formula is C23H26BrCl2N3O2. The molecule has 1 saturated carbocycles. The molecule has 0 aromatic heterocycles. The van der Waals surface area contributed by atoms with E-state index in [9.17, 15) is 9.59 Å². The first kappa shape index (κ1) is 24.1. The van der Waals surface area contributed by atoms with E-state index < -0.39 is 17.0 Å². The van der Waals surface area contributed by atoms with Crippen molar-refractivity contribution in [2.24, 2.45) is 5.73 Å². The standard InChI is InChI=1S/C23H26BrCl2N3O2/c1-22(2,27)13-28-20(30)19(11-14-3-5-15(24)6-4-14)29-21(31)23(9-10-23)17-8-7-16(25)12-18(17)26/h3-8,12,19H,9-11,13,27H2,1-2H3,(H,28,30)(H,29,31)/t19-/m0/s1. The van der Waals surface area contributed by atoms with Crippen LogP contribution in [0.4, 0.5) is 0 Å². The van der Waals surface area contributed by atoms with Gasteiger partial charge in [-0.3, -0.25) is 9.59 Å². The normalized spacial score (nSPS) is 15.8. The lowest BCUT2D eigenvalue weighted by molar-refractivity contribution is -0.130. The van der Waals surface area contributed by atoms with Gasteiger partial charge in [-0.1, -0.05) is 57.3 Å². The summed E-state index contributed by atoms with van der Waals surface area (Å²) in [6.45, 7) is 3.96. The third-order valence-corrected chi connectivity index (χ3v) is 6.40. The summed E-state index contributed by atoms with van der Waals surface area (Å²) in [4.78, 5) is 26.3. The molecule has 0 aliphatic heterocycles. The van der Waals surface area contributed by atoms with Crippen molar-refractivity contribution in [2.75, 3.05) is 6.54 Å². The molecule has 8 heteroatoms. The highest BCUT2D eigenvalue weighted by Gasteiger charge is 2.53. The largest absolute Gasteiger partial charge is 0.352 e. The molecule has 1 atom stereocenters. The molecule has 0 unspecified atom stereocenters. The van der Waals surface area contributed by atoms with E-state index in [0.717, 1.165) is 15.6 Å². The number of amides is 2. The molecule has 0 saturated heterocycles. The maximum atomic E-state index is 13.3. The predicted molar refractivity (Wildman–Crippen MR) is 128 cm³/mol. The van der Waals surface area contributed by atoms with E-state index in [4.69, 9.17) is 28.9 Å². The van der Waals surface area contributed by atoms with Crippen molar-refractivity contribution in [1.82, 2.24) is 10.6 Å². The Morgan fingerprint density at radius 3 is 2.35 bits per heavy atom. The second kappa shape index (κ2) is 9.49. The highest BCUT2D eigenvalue weighted by atomic mass is 79.9. The highest BCUT2D eigenvalue weighted by Crippen LogP contribution is 2.51. The van der Waals surface area contributed by atoms with Gasteiger partial charge in [0.1, 0.15) is 6.04 Å². The van der Waals surface area contributed by atoms with Gasteiger partial charge in [0.2, 0.25) is 11.8 Å². The molecule has 1 aliphatic rings. The van der Waals surface area contributed by atoms with Crippen molar-refractivity contribution in [2.45, 2.75) is 50.1 Å². The summed E-state index contributed by atoms with van der Waals surface area (Å²) in [5.74, 6) is -0.478. The maximum absolute atomic E-state index is 13.3. The Morgan fingerprint density at radius 1 is 1.16 bits per heavy atom. The lowest BCUT2D eigenvalue weighted by Crippen LogP contribution is -2.54. The fraction of sp³-hybridized carbons (Fsp3) is 0.391. The van der Waals surface area contributed by atoms with Gasteiger partial charge in [-0.15, -0.1) is 0 Å². The number of nitrogens with two attached hydrogens (primary N) is 1. The third-order valence-electron chi connectivity index (χ3n) is 5.32. The molecule has 0 heterocycles. The Balaban J connectivity index is 1.80. The number of benzene rings is 2. The van der Waals surface area contributed by atoms with E-state index >= 15 is 0 Å². The fourth-order valence-corrected chi connectivity index (χ4v) is 4.27. The number of nitrogens with one attached hydrogen (secondary N) is 2. The molecule has 0 spiro atoms. The van der Waals surface area contributed by atoms with Crippen LogP contribution in [0.2, 0.25) is 10.0 Å². The SMILES string of the molecule is CC(C)(N)CNC(=O)[C@H](Cc1ccc(Br)cc1)NC(=O)C1(c2ccc(Cl)cc2Cl)CC1. The first-order valence-electron chi connectivity index (χ1n) is 10.1. The van der Waals surface area contributed by atoms with Gasteiger partial charge in [0, 0.05) is 33.0 Å². The Hall–Kier alpha value is -1.60. The van der Waals surface area contributed by atoms with Crippen molar-refractivity contribution in [3.63, 3.8) is 0 Å². The van der Waals surface area contributed by atoms with E-state index in [1.165, 1.54) is 0 Å². The van der Waals surface area contributed by atoms with Crippen LogP contribution in [0.5, 0.6) is 0 Å². The topological polar surface area (TPSA) is 84.2 Å². The fourth-order valence-electron chi connectivity index (χ4n) is 3.42. The van der Waals surface area contributed by atoms with Gasteiger partial charge < -0.3 is 16.4 Å². The Bertz CT molecular complexity index is 970. The van der Waals surface area contributed by atoms with Crippen molar-refractivity contribution < 1.29 is 9.59 Å². The van der Waals surface area contributed by atoms with E-state index in [1.54, 1.807) is 18.2 Å². The lowest BCUT2D eigenvalue weighted by Gasteiger charge is -2.25. The zero-order chi connectivity index (χ0) is 22.8. The molecule has 166 valence electrons. The predicted octanol–water partition coefficient (Wildman–Crippen LogP) is 4.37. The Labute approximate surface area is 201 Å². The van der Waals surface area contributed by atoms with Gasteiger partial charge in [-0.2, -0.15) is 0 Å².